The van der Waals surface area contributed by atoms with Gasteiger partial charge in [0.15, 0.2) is 0 Å². The second kappa shape index (κ2) is 14.8. The topological polar surface area (TPSA) is 214 Å². The quantitative estimate of drug-likeness (QED) is 0.163. The van der Waals surface area contributed by atoms with Crippen molar-refractivity contribution in [1.82, 2.24) is 16.0 Å². The second-order valence-corrected chi connectivity index (χ2v) is 9.80. The minimum Gasteiger partial charge on any atom is -0.508 e. The summed E-state index contributed by atoms with van der Waals surface area (Å²) in [6.07, 6.45) is -0.0914. The maximum absolute atomic E-state index is 13.1. The number of phenols is 1. The smallest absolute Gasteiger partial charge is 0.326 e. The van der Waals surface area contributed by atoms with Crippen LogP contribution in [0.15, 0.2) is 24.3 Å². The molecule has 0 saturated heterocycles. The molecular formula is C25H39N5O7. The van der Waals surface area contributed by atoms with Crippen LogP contribution in [0.4, 0.5) is 0 Å². The predicted molar refractivity (Wildman–Crippen MR) is 136 cm³/mol. The molecule has 0 aliphatic heterocycles. The minimum atomic E-state index is -1.35. The van der Waals surface area contributed by atoms with Crippen LogP contribution in [-0.2, 0) is 30.4 Å². The van der Waals surface area contributed by atoms with Crippen molar-refractivity contribution in [2.24, 2.45) is 23.3 Å². The highest BCUT2D eigenvalue weighted by Crippen LogP contribution is 2.12. The number of carboxylic acid groups (broad SMARTS) is 1. The summed E-state index contributed by atoms with van der Waals surface area (Å²) >= 11 is 0. The number of hydrogen-bond acceptors (Lipinski definition) is 7. The molecule has 206 valence electrons. The highest BCUT2D eigenvalue weighted by Gasteiger charge is 2.32. The van der Waals surface area contributed by atoms with E-state index in [-0.39, 0.29) is 36.8 Å². The fourth-order valence-electron chi connectivity index (χ4n) is 3.57. The van der Waals surface area contributed by atoms with E-state index in [0.717, 1.165) is 0 Å². The number of carbonyl (C=O) groups is 5. The average molecular weight is 522 g/mol. The molecule has 1 aromatic rings. The third-order valence-electron chi connectivity index (χ3n) is 5.61. The van der Waals surface area contributed by atoms with E-state index in [1.54, 1.807) is 13.8 Å². The maximum atomic E-state index is 13.1. The number of amides is 4. The van der Waals surface area contributed by atoms with E-state index in [2.05, 4.69) is 16.0 Å². The maximum Gasteiger partial charge on any atom is 0.326 e. The number of rotatable bonds is 15. The molecule has 4 amide bonds. The number of primary amides is 1. The van der Waals surface area contributed by atoms with Crippen LogP contribution in [0, 0.1) is 11.8 Å². The van der Waals surface area contributed by atoms with Crippen LogP contribution < -0.4 is 27.4 Å². The third kappa shape index (κ3) is 11.3. The molecule has 0 heterocycles. The van der Waals surface area contributed by atoms with Gasteiger partial charge in [-0.2, -0.15) is 0 Å². The Labute approximate surface area is 216 Å². The first kappa shape index (κ1) is 31.4. The Morgan fingerprint density at radius 1 is 0.865 bits per heavy atom. The molecule has 4 atom stereocenters. The summed E-state index contributed by atoms with van der Waals surface area (Å²) < 4.78 is 0. The largest absolute Gasteiger partial charge is 0.508 e. The lowest BCUT2D eigenvalue weighted by Crippen LogP contribution is -2.58. The Morgan fingerprint density at radius 3 is 1.92 bits per heavy atom. The van der Waals surface area contributed by atoms with E-state index >= 15 is 0 Å². The second-order valence-electron chi connectivity index (χ2n) is 9.80. The van der Waals surface area contributed by atoms with Gasteiger partial charge in [-0.15, -0.1) is 0 Å². The zero-order chi connectivity index (χ0) is 28.3. The highest BCUT2D eigenvalue weighted by molar-refractivity contribution is 5.94. The molecule has 1 aromatic carbocycles. The zero-order valence-corrected chi connectivity index (χ0v) is 21.7. The Morgan fingerprint density at radius 2 is 1.43 bits per heavy atom. The standard InChI is InChI=1S/C25H39N5O7/c1-13(2)11-17(26)22(33)30-21(14(3)4)24(35)28-18(9-10-20(27)32)23(34)29-19(25(36)37)12-15-5-7-16(31)8-6-15/h5-8,13-14,17-19,21,31H,9-12,26H2,1-4H3,(H2,27,32)(H,28,35)(H,29,34)(H,30,33)(H,36,37). The molecule has 0 radical (unpaired) electrons. The Hall–Kier alpha value is -3.67. The van der Waals surface area contributed by atoms with Crippen LogP contribution >= 0.6 is 0 Å². The monoisotopic (exact) mass is 521 g/mol. The summed E-state index contributed by atoms with van der Waals surface area (Å²) in [6.45, 7) is 7.23. The third-order valence-corrected chi connectivity index (χ3v) is 5.61. The molecule has 0 aromatic heterocycles. The fourth-order valence-corrected chi connectivity index (χ4v) is 3.57. The van der Waals surface area contributed by atoms with Gasteiger partial charge in [0.05, 0.1) is 6.04 Å². The number of hydrogen-bond donors (Lipinski definition) is 7. The lowest BCUT2D eigenvalue weighted by molar-refractivity contribution is -0.142. The van der Waals surface area contributed by atoms with E-state index in [1.807, 2.05) is 13.8 Å². The Bertz CT molecular complexity index is 949. The van der Waals surface area contributed by atoms with Crippen molar-refractivity contribution in [3.8, 4) is 5.75 Å². The molecule has 1 rings (SSSR count). The number of nitrogens with one attached hydrogen (secondary N) is 3. The van der Waals surface area contributed by atoms with Gasteiger partial charge in [-0.25, -0.2) is 4.79 Å². The Balaban J connectivity index is 3.02. The van der Waals surface area contributed by atoms with Crippen molar-refractivity contribution in [3.05, 3.63) is 29.8 Å². The first-order chi connectivity index (χ1) is 17.2. The van der Waals surface area contributed by atoms with Crippen molar-refractivity contribution < 1.29 is 34.2 Å². The molecule has 4 unspecified atom stereocenters. The van der Waals surface area contributed by atoms with Gasteiger partial charge in [0, 0.05) is 12.8 Å². The van der Waals surface area contributed by atoms with Crippen molar-refractivity contribution in [2.75, 3.05) is 0 Å². The zero-order valence-electron chi connectivity index (χ0n) is 21.7. The molecule has 0 aliphatic carbocycles. The molecule has 0 spiro atoms. The molecule has 12 heteroatoms. The van der Waals surface area contributed by atoms with Gasteiger partial charge in [0.1, 0.15) is 23.9 Å². The first-order valence-electron chi connectivity index (χ1n) is 12.2. The number of aliphatic carboxylic acids is 1. The summed E-state index contributed by atoms with van der Waals surface area (Å²) in [5.74, 6) is -4.24. The number of benzene rings is 1. The van der Waals surface area contributed by atoms with Crippen LogP contribution in [0.1, 0.15) is 52.5 Å². The van der Waals surface area contributed by atoms with Gasteiger partial charge in [-0.3, -0.25) is 19.2 Å². The van der Waals surface area contributed by atoms with E-state index in [9.17, 15) is 34.2 Å². The molecule has 0 bridgehead atoms. The van der Waals surface area contributed by atoms with Crippen LogP contribution in [0.3, 0.4) is 0 Å². The van der Waals surface area contributed by atoms with Gasteiger partial charge in [0.25, 0.3) is 0 Å². The number of carboxylic acids is 1. The van der Waals surface area contributed by atoms with Gasteiger partial charge in [-0.1, -0.05) is 39.8 Å². The van der Waals surface area contributed by atoms with Crippen molar-refractivity contribution in [1.29, 1.82) is 0 Å². The van der Waals surface area contributed by atoms with E-state index in [4.69, 9.17) is 11.5 Å². The number of carbonyl (C=O) groups excluding carboxylic acids is 4. The molecule has 0 fully saturated rings. The van der Waals surface area contributed by atoms with Gasteiger partial charge < -0.3 is 37.6 Å². The van der Waals surface area contributed by atoms with Crippen LogP contribution in [0.2, 0.25) is 0 Å². The van der Waals surface area contributed by atoms with E-state index in [0.29, 0.717) is 12.0 Å². The normalized spacial score (nSPS) is 14.4. The molecule has 0 saturated carbocycles. The SMILES string of the molecule is CC(C)CC(N)C(=O)NC(C(=O)NC(CCC(N)=O)C(=O)NC(Cc1ccc(O)cc1)C(=O)O)C(C)C. The van der Waals surface area contributed by atoms with Crippen molar-refractivity contribution in [3.63, 3.8) is 0 Å². The van der Waals surface area contributed by atoms with Crippen molar-refractivity contribution >= 4 is 29.6 Å². The van der Waals surface area contributed by atoms with Crippen molar-refractivity contribution in [2.45, 2.75) is 77.5 Å². The molecule has 0 aliphatic rings. The molecule has 37 heavy (non-hydrogen) atoms. The summed E-state index contributed by atoms with van der Waals surface area (Å²) in [5, 5.41) is 26.5. The highest BCUT2D eigenvalue weighted by atomic mass is 16.4. The molecular weight excluding hydrogens is 482 g/mol. The van der Waals surface area contributed by atoms with Crippen LogP contribution in [0.5, 0.6) is 5.75 Å². The first-order valence-corrected chi connectivity index (χ1v) is 12.2. The predicted octanol–water partition coefficient (Wildman–Crippen LogP) is -0.231. The van der Waals surface area contributed by atoms with Gasteiger partial charge in [0.2, 0.25) is 23.6 Å². The lowest BCUT2D eigenvalue weighted by atomic mass is 9.99. The summed E-state index contributed by atoms with van der Waals surface area (Å²) in [5.41, 5.74) is 11.7. The minimum absolute atomic E-state index is 0.00542. The van der Waals surface area contributed by atoms with Crippen LogP contribution in [-0.4, -0.2) is 64.0 Å². The number of phenolic OH excluding ortho intramolecular Hbond substituents is 1. The number of aromatic hydroxyl groups is 1. The fraction of sp³-hybridized carbons (Fsp3) is 0.560. The molecule has 12 nitrogen and oxygen atoms in total. The summed E-state index contributed by atoms with van der Waals surface area (Å²) in [4.78, 5) is 61.7. The summed E-state index contributed by atoms with van der Waals surface area (Å²) in [7, 11) is 0. The van der Waals surface area contributed by atoms with E-state index in [1.165, 1.54) is 24.3 Å². The van der Waals surface area contributed by atoms with Crippen LogP contribution in [0.25, 0.3) is 0 Å². The van der Waals surface area contributed by atoms with Gasteiger partial charge >= 0.3 is 5.97 Å². The van der Waals surface area contributed by atoms with E-state index < -0.39 is 53.8 Å². The average Bonchev–Trinajstić information content (AvgIpc) is 2.79. The number of nitrogens with two attached hydrogens (primary N) is 2. The lowest BCUT2D eigenvalue weighted by Gasteiger charge is -2.27. The Kier molecular flexibility index (Phi) is 12.5. The summed E-state index contributed by atoms with van der Waals surface area (Å²) in [6, 6.07) is 1.33. The molecule has 9 N–H and O–H groups in total. The van der Waals surface area contributed by atoms with Gasteiger partial charge in [-0.05, 0) is 42.4 Å².